The number of nitrogens with two attached hydrogens (primary N) is 1. The number of esters is 1. The highest BCUT2D eigenvalue weighted by Crippen LogP contribution is 2.27. The number of primary sulfonamides is 1. The topological polar surface area (TPSA) is 116 Å². The van der Waals surface area contributed by atoms with Crippen molar-refractivity contribution < 1.29 is 22.7 Å². The minimum absolute atomic E-state index is 0.0449. The number of benzene rings is 1. The number of hydrogen-bond acceptors (Lipinski definition) is 5. The summed E-state index contributed by atoms with van der Waals surface area (Å²) in [6.45, 7) is 1.50. The van der Waals surface area contributed by atoms with Crippen molar-refractivity contribution in [1.29, 1.82) is 0 Å². The molecule has 0 radical (unpaired) electrons. The number of hydrogen-bond donors (Lipinski definition) is 2. The molecule has 0 aliphatic heterocycles. The van der Waals surface area contributed by atoms with Crippen molar-refractivity contribution in [3.8, 4) is 0 Å². The Balaban J connectivity index is 1.85. The van der Waals surface area contributed by atoms with Crippen molar-refractivity contribution in [1.82, 2.24) is 0 Å². The molecule has 1 saturated carbocycles. The Morgan fingerprint density at radius 1 is 1.25 bits per heavy atom. The zero-order chi connectivity index (χ0) is 17.7. The summed E-state index contributed by atoms with van der Waals surface area (Å²) in [5.74, 6) is -0.481. The molecule has 0 spiro atoms. The molecule has 1 amide bonds. The zero-order valence-electron chi connectivity index (χ0n) is 13.5. The van der Waals surface area contributed by atoms with Crippen LogP contribution in [0.1, 0.15) is 39.0 Å². The fourth-order valence-corrected chi connectivity index (χ4v) is 3.24. The Bertz CT molecular complexity index is 694. The van der Waals surface area contributed by atoms with Crippen LogP contribution < -0.4 is 10.5 Å². The van der Waals surface area contributed by atoms with E-state index in [1.165, 1.54) is 31.2 Å². The number of ether oxygens (including phenoxy) is 1. The monoisotopic (exact) mass is 354 g/mol. The molecule has 0 aromatic heterocycles. The van der Waals surface area contributed by atoms with Crippen LogP contribution in [0.2, 0.25) is 0 Å². The molecule has 1 aliphatic carbocycles. The number of sulfonamides is 1. The van der Waals surface area contributed by atoms with Crippen LogP contribution >= 0.6 is 0 Å². The van der Waals surface area contributed by atoms with E-state index in [9.17, 15) is 18.0 Å². The second kappa shape index (κ2) is 7.76. The first-order valence-corrected chi connectivity index (χ1v) is 9.43. The first kappa shape index (κ1) is 18.4. The molecule has 1 aromatic carbocycles. The van der Waals surface area contributed by atoms with Gasteiger partial charge in [-0.3, -0.25) is 9.59 Å². The smallest absolute Gasteiger partial charge is 0.306 e. The van der Waals surface area contributed by atoms with Crippen molar-refractivity contribution in [2.45, 2.75) is 50.0 Å². The van der Waals surface area contributed by atoms with Gasteiger partial charge in [0.05, 0.1) is 4.90 Å². The van der Waals surface area contributed by atoms with Gasteiger partial charge in [-0.2, -0.15) is 0 Å². The fraction of sp³-hybridized carbons (Fsp3) is 0.500. The van der Waals surface area contributed by atoms with Crippen LogP contribution in [-0.4, -0.2) is 26.4 Å². The molecule has 0 unspecified atom stereocenters. The SMILES string of the molecule is C[C@H](OC(=O)CC1CCCC1)C(=O)Nc1ccc(S(N)(=O)=O)cc1. The third-order valence-electron chi connectivity index (χ3n) is 4.06. The summed E-state index contributed by atoms with van der Waals surface area (Å²) in [5.41, 5.74) is 0.395. The van der Waals surface area contributed by atoms with Gasteiger partial charge in [0, 0.05) is 12.1 Å². The Kier molecular flexibility index (Phi) is 5.95. The second-order valence-corrected chi connectivity index (χ2v) is 7.61. The van der Waals surface area contributed by atoms with E-state index in [-0.39, 0.29) is 10.9 Å². The van der Waals surface area contributed by atoms with Crippen LogP contribution in [0, 0.1) is 5.92 Å². The van der Waals surface area contributed by atoms with Gasteiger partial charge in [0.15, 0.2) is 6.10 Å². The molecule has 1 aromatic rings. The van der Waals surface area contributed by atoms with Gasteiger partial charge in [-0.1, -0.05) is 12.8 Å². The van der Waals surface area contributed by atoms with Gasteiger partial charge in [-0.15, -0.1) is 0 Å². The Morgan fingerprint density at radius 3 is 2.38 bits per heavy atom. The van der Waals surface area contributed by atoms with E-state index in [0.717, 1.165) is 25.7 Å². The molecule has 2 rings (SSSR count). The fourth-order valence-electron chi connectivity index (χ4n) is 2.72. The van der Waals surface area contributed by atoms with E-state index in [2.05, 4.69) is 5.32 Å². The highest BCUT2D eigenvalue weighted by atomic mass is 32.2. The second-order valence-electron chi connectivity index (χ2n) is 6.05. The summed E-state index contributed by atoms with van der Waals surface area (Å²) in [7, 11) is -3.77. The summed E-state index contributed by atoms with van der Waals surface area (Å²) in [6.07, 6.45) is 3.78. The Hall–Kier alpha value is -1.93. The molecule has 0 bridgehead atoms. The van der Waals surface area contributed by atoms with Gasteiger partial charge in [-0.25, -0.2) is 13.6 Å². The van der Waals surface area contributed by atoms with Crippen LogP contribution in [0.15, 0.2) is 29.2 Å². The molecule has 7 nitrogen and oxygen atoms in total. The minimum Gasteiger partial charge on any atom is -0.453 e. The lowest BCUT2D eigenvalue weighted by molar-refractivity contribution is -0.154. The number of nitrogens with one attached hydrogen (secondary N) is 1. The maximum atomic E-state index is 12.0. The summed E-state index contributed by atoms with van der Waals surface area (Å²) in [6, 6.07) is 5.43. The Morgan fingerprint density at radius 2 is 1.83 bits per heavy atom. The van der Waals surface area contributed by atoms with Gasteiger partial charge in [0.1, 0.15) is 0 Å². The zero-order valence-corrected chi connectivity index (χ0v) is 14.3. The molecule has 1 atom stereocenters. The summed E-state index contributed by atoms with van der Waals surface area (Å²) in [4.78, 5) is 23.8. The molecule has 8 heteroatoms. The van der Waals surface area contributed by atoms with E-state index in [0.29, 0.717) is 18.0 Å². The third-order valence-corrected chi connectivity index (χ3v) is 4.99. The molecule has 132 valence electrons. The van der Waals surface area contributed by atoms with Crippen LogP contribution in [0.3, 0.4) is 0 Å². The van der Waals surface area contributed by atoms with Crippen LogP contribution in [0.4, 0.5) is 5.69 Å². The van der Waals surface area contributed by atoms with Gasteiger partial charge in [0.25, 0.3) is 5.91 Å². The standard InChI is InChI=1S/C16H22N2O5S/c1-11(23-15(19)10-12-4-2-3-5-12)16(20)18-13-6-8-14(9-7-13)24(17,21)22/h6-9,11-12H,2-5,10H2,1H3,(H,18,20)(H2,17,21,22)/t11-/m0/s1. The molecule has 24 heavy (non-hydrogen) atoms. The van der Waals surface area contributed by atoms with E-state index in [1.54, 1.807) is 0 Å². The van der Waals surface area contributed by atoms with E-state index in [1.807, 2.05) is 0 Å². The lowest BCUT2D eigenvalue weighted by Crippen LogP contribution is -2.30. The van der Waals surface area contributed by atoms with Crippen LogP contribution in [0.25, 0.3) is 0 Å². The van der Waals surface area contributed by atoms with Gasteiger partial charge in [0.2, 0.25) is 10.0 Å². The molecule has 0 saturated heterocycles. The number of carbonyl (C=O) groups excluding carboxylic acids is 2. The van der Waals surface area contributed by atoms with Crippen LogP contribution in [0.5, 0.6) is 0 Å². The maximum absolute atomic E-state index is 12.0. The quantitative estimate of drug-likeness (QED) is 0.756. The highest BCUT2D eigenvalue weighted by Gasteiger charge is 2.23. The molecular formula is C16H22N2O5S. The lowest BCUT2D eigenvalue weighted by atomic mass is 10.0. The van der Waals surface area contributed by atoms with Crippen molar-refractivity contribution >= 4 is 27.6 Å². The third kappa shape index (κ3) is 5.31. The van der Waals surface area contributed by atoms with Crippen molar-refractivity contribution in [3.05, 3.63) is 24.3 Å². The number of amides is 1. The molecule has 1 fully saturated rings. The number of rotatable bonds is 6. The maximum Gasteiger partial charge on any atom is 0.306 e. The predicted octanol–water partition coefficient (Wildman–Crippen LogP) is 1.78. The summed E-state index contributed by atoms with van der Waals surface area (Å²) in [5, 5.41) is 7.57. The molecule has 0 heterocycles. The first-order chi connectivity index (χ1) is 11.3. The van der Waals surface area contributed by atoms with Crippen LogP contribution in [-0.2, 0) is 24.3 Å². The van der Waals surface area contributed by atoms with Crippen molar-refractivity contribution in [3.63, 3.8) is 0 Å². The molecule has 3 N–H and O–H groups in total. The number of carbonyl (C=O) groups is 2. The van der Waals surface area contributed by atoms with Gasteiger partial charge < -0.3 is 10.1 Å². The highest BCUT2D eigenvalue weighted by molar-refractivity contribution is 7.89. The molecule has 1 aliphatic rings. The van der Waals surface area contributed by atoms with E-state index >= 15 is 0 Å². The largest absolute Gasteiger partial charge is 0.453 e. The minimum atomic E-state index is -3.77. The van der Waals surface area contributed by atoms with Crippen molar-refractivity contribution in [2.75, 3.05) is 5.32 Å². The molecular weight excluding hydrogens is 332 g/mol. The normalized spacial score (nSPS) is 16.6. The summed E-state index contributed by atoms with van der Waals surface area (Å²) >= 11 is 0. The van der Waals surface area contributed by atoms with Gasteiger partial charge >= 0.3 is 5.97 Å². The van der Waals surface area contributed by atoms with Gasteiger partial charge in [-0.05, 0) is 49.9 Å². The Labute approximate surface area is 141 Å². The van der Waals surface area contributed by atoms with E-state index in [4.69, 9.17) is 9.88 Å². The lowest BCUT2D eigenvalue weighted by Gasteiger charge is -2.15. The first-order valence-electron chi connectivity index (χ1n) is 7.89. The average Bonchev–Trinajstić information content (AvgIpc) is 2.99. The van der Waals surface area contributed by atoms with Crippen molar-refractivity contribution in [2.24, 2.45) is 11.1 Å². The predicted molar refractivity (Wildman–Crippen MR) is 88.6 cm³/mol. The number of anilines is 1. The summed E-state index contributed by atoms with van der Waals surface area (Å²) < 4.78 is 27.5. The average molecular weight is 354 g/mol. The van der Waals surface area contributed by atoms with E-state index < -0.39 is 22.0 Å².